The van der Waals surface area contributed by atoms with E-state index in [-0.39, 0.29) is 11.6 Å². The SMILES string of the molecule is O=C(C1CCCC1)N1CCC(Cc2n[nH]c(=O)n2-c2ccccc2F)CC1. The largest absolute Gasteiger partial charge is 0.348 e. The van der Waals surface area contributed by atoms with Gasteiger partial charge < -0.3 is 4.90 Å². The van der Waals surface area contributed by atoms with Crippen LogP contribution in [-0.4, -0.2) is 38.7 Å². The third kappa shape index (κ3) is 3.68. The molecular weight excluding hydrogens is 347 g/mol. The van der Waals surface area contributed by atoms with Crippen LogP contribution in [0.15, 0.2) is 29.1 Å². The summed E-state index contributed by atoms with van der Waals surface area (Å²) in [4.78, 5) is 26.7. The molecule has 1 aromatic heterocycles. The molecule has 0 atom stereocenters. The van der Waals surface area contributed by atoms with Crippen molar-refractivity contribution in [2.24, 2.45) is 11.8 Å². The molecule has 0 spiro atoms. The Morgan fingerprint density at radius 2 is 1.85 bits per heavy atom. The maximum Gasteiger partial charge on any atom is 0.348 e. The smallest absolute Gasteiger partial charge is 0.342 e. The fourth-order valence-electron chi connectivity index (χ4n) is 4.39. The van der Waals surface area contributed by atoms with Crippen molar-refractivity contribution in [2.75, 3.05) is 13.1 Å². The van der Waals surface area contributed by atoms with Crippen molar-refractivity contribution in [3.05, 3.63) is 46.4 Å². The maximum atomic E-state index is 14.1. The Morgan fingerprint density at radius 3 is 2.56 bits per heavy atom. The summed E-state index contributed by atoms with van der Waals surface area (Å²) in [6.07, 6.45) is 6.76. The highest BCUT2D eigenvalue weighted by atomic mass is 19.1. The Hall–Kier alpha value is -2.44. The van der Waals surface area contributed by atoms with Gasteiger partial charge in [-0.05, 0) is 43.7 Å². The van der Waals surface area contributed by atoms with E-state index in [1.165, 1.54) is 23.5 Å². The van der Waals surface area contributed by atoms with Gasteiger partial charge in [0.05, 0.1) is 5.69 Å². The lowest BCUT2D eigenvalue weighted by Crippen LogP contribution is -2.41. The van der Waals surface area contributed by atoms with Gasteiger partial charge in [0.1, 0.15) is 11.6 Å². The topological polar surface area (TPSA) is 71.0 Å². The summed E-state index contributed by atoms with van der Waals surface area (Å²) in [6.45, 7) is 1.52. The van der Waals surface area contributed by atoms with Gasteiger partial charge in [0.25, 0.3) is 0 Å². The molecular formula is C20H25FN4O2. The van der Waals surface area contributed by atoms with Crippen LogP contribution in [0.25, 0.3) is 5.69 Å². The molecule has 1 aliphatic carbocycles. The number of hydrogen-bond acceptors (Lipinski definition) is 3. The number of amides is 1. The first-order chi connectivity index (χ1) is 13.1. The molecule has 0 unspecified atom stereocenters. The minimum absolute atomic E-state index is 0.221. The summed E-state index contributed by atoms with van der Waals surface area (Å²) in [7, 11) is 0. The lowest BCUT2D eigenvalue weighted by atomic mass is 9.92. The number of halogens is 1. The molecule has 144 valence electrons. The number of aromatic nitrogens is 3. The molecule has 0 radical (unpaired) electrons. The number of piperidine rings is 1. The van der Waals surface area contributed by atoms with Gasteiger partial charge in [-0.25, -0.2) is 18.9 Å². The monoisotopic (exact) mass is 372 g/mol. The van der Waals surface area contributed by atoms with Crippen molar-refractivity contribution in [1.82, 2.24) is 19.7 Å². The van der Waals surface area contributed by atoms with Crippen LogP contribution < -0.4 is 5.69 Å². The van der Waals surface area contributed by atoms with Gasteiger partial charge >= 0.3 is 5.69 Å². The Kier molecular flexibility index (Phi) is 5.09. The maximum absolute atomic E-state index is 14.1. The van der Waals surface area contributed by atoms with E-state index in [0.29, 0.717) is 24.1 Å². The number of H-pyrrole nitrogens is 1. The number of nitrogens with one attached hydrogen (secondary N) is 1. The number of rotatable bonds is 4. The van der Waals surface area contributed by atoms with E-state index in [2.05, 4.69) is 10.2 Å². The molecule has 6 nitrogen and oxygen atoms in total. The molecule has 27 heavy (non-hydrogen) atoms. The number of nitrogens with zero attached hydrogens (tertiary/aromatic N) is 3. The van der Waals surface area contributed by atoms with E-state index in [0.717, 1.165) is 38.8 Å². The van der Waals surface area contributed by atoms with Gasteiger partial charge in [-0.15, -0.1) is 0 Å². The second kappa shape index (κ2) is 7.66. The van der Waals surface area contributed by atoms with Crippen molar-refractivity contribution < 1.29 is 9.18 Å². The molecule has 0 bridgehead atoms. The highest BCUT2D eigenvalue weighted by Gasteiger charge is 2.30. The Morgan fingerprint density at radius 1 is 1.15 bits per heavy atom. The number of aromatic amines is 1. The number of para-hydroxylation sites is 1. The Bertz CT molecular complexity index is 861. The summed E-state index contributed by atoms with van der Waals surface area (Å²) >= 11 is 0. The number of likely N-dealkylation sites (tertiary alicyclic amines) is 1. The third-order valence-corrected chi connectivity index (χ3v) is 5.94. The van der Waals surface area contributed by atoms with Crippen LogP contribution in [0.2, 0.25) is 0 Å². The number of carbonyl (C=O) groups is 1. The molecule has 2 aliphatic rings. The van der Waals surface area contributed by atoms with Crippen LogP contribution in [0, 0.1) is 17.7 Å². The summed E-state index contributed by atoms with van der Waals surface area (Å²) in [5.74, 6) is 0.969. The minimum Gasteiger partial charge on any atom is -0.342 e. The van der Waals surface area contributed by atoms with Gasteiger partial charge in [-0.3, -0.25) is 4.79 Å². The molecule has 1 saturated heterocycles. The van der Waals surface area contributed by atoms with Crippen molar-refractivity contribution in [3.8, 4) is 5.69 Å². The Balaban J connectivity index is 1.42. The van der Waals surface area contributed by atoms with Crippen molar-refractivity contribution in [2.45, 2.75) is 44.9 Å². The van der Waals surface area contributed by atoms with Crippen LogP contribution in [0.1, 0.15) is 44.3 Å². The van der Waals surface area contributed by atoms with Crippen molar-refractivity contribution in [1.29, 1.82) is 0 Å². The first-order valence-corrected chi connectivity index (χ1v) is 9.83. The first kappa shape index (κ1) is 17.9. The number of benzene rings is 1. The van der Waals surface area contributed by atoms with E-state index in [9.17, 15) is 14.0 Å². The zero-order chi connectivity index (χ0) is 18.8. The molecule has 1 N–H and O–H groups in total. The standard InChI is InChI=1S/C20H25FN4O2/c21-16-7-3-4-8-17(16)25-18(22-23-20(25)27)13-14-9-11-24(12-10-14)19(26)15-5-1-2-6-15/h3-4,7-8,14-15H,1-2,5-6,9-13H2,(H,23,27). The van der Waals surface area contributed by atoms with Gasteiger partial charge in [-0.2, -0.15) is 5.10 Å². The molecule has 1 amide bonds. The molecule has 1 aromatic carbocycles. The average Bonchev–Trinajstić information content (AvgIpc) is 3.33. The highest BCUT2D eigenvalue weighted by Crippen LogP contribution is 2.29. The molecule has 4 rings (SSSR count). The van der Waals surface area contributed by atoms with E-state index < -0.39 is 11.5 Å². The van der Waals surface area contributed by atoms with Crippen molar-refractivity contribution in [3.63, 3.8) is 0 Å². The van der Waals surface area contributed by atoms with Crippen LogP contribution in [-0.2, 0) is 11.2 Å². The van der Waals surface area contributed by atoms with E-state index in [4.69, 9.17) is 0 Å². The van der Waals surface area contributed by atoms with Gasteiger partial charge in [0, 0.05) is 25.4 Å². The zero-order valence-electron chi connectivity index (χ0n) is 15.4. The van der Waals surface area contributed by atoms with Crippen LogP contribution >= 0.6 is 0 Å². The Labute approximate surface area is 157 Å². The van der Waals surface area contributed by atoms with Gasteiger partial charge in [-0.1, -0.05) is 25.0 Å². The van der Waals surface area contributed by atoms with Crippen molar-refractivity contribution >= 4 is 5.91 Å². The lowest BCUT2D eigenvalue weighted by molar-refractivity contribution is -0.136. The summed E-state index contributed by atoms with van der Waals surface area (Å²) < 4.78 is 15.5. The predicted octanol–water partition coefficient (Wildman–Crippen LogP) is 2.67. The zero-order valence-corrected chi connectivity index (χ0v) is 15.4. The van der Waals surface area contributed by atoms with Crippen LogP contribution in [0.4, 0.5) is 4.39 Å². The van der Waals surface area contributed by atoms with E-state index in [1.54, 1.807) is 18.2 Å². The fraction of sp³-hybridized carbons (Fsp3) is 0.550. The number of carbonyl (C=O) groups excluding carboxylic acids is 1. The van der Waals surface area contributed by atoms with E-state index >= 15 is 0 Å². The normalized spacial score (nSPS) is 18.9. The van der Waals surface area contributed by atoms with Gasteiger partial charge in [0.2, 0.25) is 5.91 Å². The number of hydrogen-bond donors (Lipinski definition) is 1. The highest BCUT2D eigenvalue weighted by molar-refractivity contribution is 5.79. The quantitative estimate of drug-likeness (QED) is 0.897. The first-order valence-electron chi connectivity index (χ1n) is 9.83. The second-order valence-corrected chi connectivity index (χ2v) is 7.69. The third-order valence-electron chi connectivity index (χ3n) is 5.94. The minimum atomic E-state index is -0.445. The van der Waals surface area contributed by atoms with E-state index in [1.807, 2.05) is 4.90 Å². The summed E-state index contributed by atoms with van der Waals surface area (Å²) in [5.41, 5.74) is -0.205. The second-order valence-electron chi connectivity index (χ2n) is 7.69. The molecule has 2 heterocycles. The molecule has 2 fully saturated rings. The van der Waals surface area contributed by atoms with Crippen LogP contribution in [0.5, 0.6) is 0 Å². The summed E-state index contributed by atoms with van der Waals surface area (Å²) in [6, 6.07) is 6.22. The molecule has 1 saturated carbocycles. The molecule has 2 aromatic rings. The fourth-order valence-corrected chi connectivity index (χ4v) is 4.39. The van der Waals surface area contributed by atoms with Gasteiger partial charge in [0.15, 0.2) is 0 Å². The lowest BCUT2D eigenvalue weighted by Gasteiger charge is -2.33. The predicted molar refractivity (Wildman–Crippen MR) is 99.1 cm³/mol. The average molecular weight is 372 g/mol. The molecule has 1 aliphatic heterocycles. The summed E-state index contributed by atoms with van der Waals surface area (Å²) in [5, 5.41) is 6.57. The molecule has 7 heteroatoms. The van der Waals surface area contributed by atoms with Crippen LogP contribution in [0.3, 0.4) is 0 Å².